The standard InChI is InChI=1S/C14H15NO3S2/c1-9-5-3-4-6-11(9)8-19-14-12(15(17)18)7-13(20-14)10(2)16/h3-7,10,16H,8H2,1-2H3/t10-/m1/s1. The van der Waals surface area contributed by atoms with Crippen LogP contribution in [0.4, 0.5) is 5.69 Å². The smallest absolute Gasteiger partial charge is 0.294 e. The fourth-order valence-electron chi connectivity index (χ4n) is 1.73. The van der Waals surface area contributed by atoms with E-state index in [1.165, 1.54) is 40.3 Å². The summed E-state index contributed by atoms with van der Waals surface area (Å²) < 4.78 is 0.647. The molecule has 1 atom stereocenters. The van der Waals surface area contributed by atoms with Gasteiger partial charge in [0.05, 0.1) is 11.0 Å². The Bertz CT molecular complexity index is 623. The van der Waals surface area contributed by atoms with Gasteiger partial charge >= 0.3 is 0 Å². The van der Waals surface area contributed by atoms with Gasteiger partial charge in [-0.3, -0.25) is 10.1 Å². The molecular weight excluding hydrogens is 294 g/mol. The molecule has 20 heavy (non-hydrogen) atoms. The Morgan fingerprint density at radius 2 is 2.15 bits per heavy atom. The molecule has 1 aromatic carbocycles. The van der Waals surface area contributed by atoms with Crippen molar-refractivity contribution < 1.29 is 10.0 Å². The number of hydrogen-bond donors (Lipinski definition) is 1. The van der Waals surface area contributed by atoms with Crippen LogP contribution in [0.5, 0.6) is 0 Å². The van der Waals surface area contributed by atoms with Crippen LogP contribution in [-0.2, 0) is 5.75 Å². The van der Waals surface area contributed by atoms with Crippen molar-refractivity contribution in [1.82, 2.24) is 0 Å². The number of thiophene rings is 1. The summed E-state index contributed by atoms with van der Waals surface area (Å²) >= 11 is 2.74. The van der Waals surface area contributed by atoms with Crippen LogP contribution < -0.4 is 0 Å². The zero-order chi connectivity index (χ0) is 14.7. The molecule has 0 aliphatic rings. The molecule has 0 aliphatic carbocycles. The fraction of sp³-hybridized carbons (Fsp3) is 0.286. The van der Waals surface area contributed by atoms with Crippen molar-refractivity contribution in [3.63, 3.8) is 0 Å². The van der Waals surface area contributed by atoms with E-state index < -0.39 is 6.10 Å². The molecule has 6 heteroatoms. The van der Waals surface area contributed by atoms with E-state index in [4.69, 9.17) is 0 Å². The fourth-order valence-corrected chi connectivity index (χ4v) is 4.12. The number of benzene rings is 1. The largest absolute Gasteiger partial charge is 0.388 e. The summed E-state index contributed by atoms with van der Waals surface area (Å²) in [5, 5.41) is 20.6. The summed E-state index contributed by atoms with van der Waals surface area (Å²) in [6.45, 7) is 3.64. The van der Waals surface area contributed by atoms with E-state index >= 15 is 0 Å². The van der Waals surface area contributed by atoms with Gasteiger partial charge in [-0.15, -0.1) is 23.1 Å². The van der Waals surface area contributed by atoms with Crippen LogP contribution >= 0.6 is 23.1 Å². The Morgan fingerprint density at radius 1 is 1.45 bits per heavy atom. The average Bonchev–Trinajstić information content (AvgIpc) is 2.82. The number of thioether (sulfide) groups is 1. The van der Waals surface area contributed by atoms with Crippen LogP contribution in [0.15, 0.2) is 34.5 Å². The van der Waals surface area contributed by atoms with Crippen LogP contribution in [0.1, 0.15) is 29.0 Å². The third-order valence-electron chi connectivity index (χ3n) is 2.93. The second kappa shape index (κ2) is 6.39. The van der Waals surface area contributed by atoms with Crippen molar-refractivity contribution in [3.8, 4) is 0 Å². The first-order chi connectivity index (χ1) is 9.49. The van der Waals surface area contributed by atoms with Crippen molar-refractivity contribution >= 4 is 28.8 Å². The summed E-state index contributed by atoms with van der Waals surface area (Å²) in [5.41, 5.74) is 2.43. The lowest BCUT2D eigenvalue weighted by Crippen LogP contribution is -1.88. The Balaban J connectivity index is 2.20. The third-order valence-corrected chi connectivity index (χ3v) is 5.55. The maximum Gasteiger partial charge on any atom is 0.294 e. The minimum absolute atomic E-state index is 0.0875. The molecule has 0 saturated heterocycles. The highest BCUT2D eigenvalue weighted by Crippen LogP contribution is 2.41. The number of nitro groups is 1. The first-order valence-electron chi connectivity index (χ1n) is 6.12. The van der Waals surface area contributed by atoms with E-state index in [2.05, 4.69) is 0 Å². The quantitative estimate of drug-likeness (QED) is 0.508. The average molecular weight is 309 g/mol. The van der Waals surface area contributed by atoms with Crippen LogP contribution in [0.3, 0.4) is 0 Å². The summed E-state index contributed by atoms with van der Waals surface area (Å²) in [7, 11) is 0. The summed E-state index contributed by atoms with van der Waals surface area (Å²) in [6.07, 6.45) is -0.675. The molecule has 1 heterocycles. The highest BCUT2D eigenvalue weighted by atomic mass is 32.2. The van der Waals surface area contributed by atoms with Gasteiger partial charge in [-0.2, -0.15) is 0 Å². The van der Waals surface area contributed by atoms with Crippen molar-refractivity contribution in [2.75, 3.05) is 0 Å². The monoisotopic (exact) mass is 309 g/mol. The molecule has 1 aromatic heterocycles. The molecule has 0 bridgehead atoms. The highest BCUT2D eigenvalue weighted by Gasteiger charge is 2.21. The van der Waals surface area contributed by atoms with Gasteiger partial charge in [0.1, 0.15) is 4.21 Å². The first-order valence-corrected chi connectivity index (χ1v) is 7.92. The van der Waals surface area contributed by atoms with Crippen LogP contribution in [-0.4, -0.2) is 10.0 Å². The molecule has 0 fully saturated rings. The molecule has 0 spiro atoms. The molecule has 0 aliphatic heterocycles. The zero-order valence-electron chi connectivity index (χ0n) is 11.2. The Morgan fingerprint density at radius 3 is 2.75 bits per heavy atom. The summed E-state index contributed by atoms with van der Waals surface area (Å²) in [5.74, 6) is 0.688. The molecule has 0 saturated carbocycles. The van der Waals surface area contributed by atoms with Crippen molar-refractivity contribution in [3.05, 3.63) is 56.5 Å². The number of aliphatic hydroxyl groups excluding tert-OH is 1. The zero-order valence-corrected chi connectivity index (χ0v) is 12.8. The molecule has 0 unspecified atom stereocenters. The first kappa shape index (κ1) is 15.0. The molecule has 2 rings (SSSR count). The second-order valence-corrected chi connectivity index (χ2v) is 6.80. The maximum absolute atomic E-state index is 11.1. The lowest BCUT2D eigenvalue weighted by atomic mass is 10.1. The molecule has 4 nitrogen and oxygen atoms in total. The topological polar surface area (TPSA) is 63.4 Å². The number of hydrogen-bond acceptors (Lipinski definition) is 5. The van der Waals surface area contributed by atoms with Crippen molar-refractivity contribution in [2.45, 2.75) is 29.9 Å². The molecule has 0 radical (unpaired) electrons. The molecule has 1 N–H and O–H groups in total. The third kappa shape index (κ3) is 3.39. The minimum Gasteiger partial charge on any atom is -0.388 e. The number of rotatable bonds is 5. The van der Waals surface area contributed by atoms with Crippen LogP contribution in [0, 0.1) is 17.0 Å². The van der Waals surface area contributed by atoms with E-state index in [0.29, 0.717) is 14.8 Å². The number of aryl methyl sites for hydroxylation is 1. The van der Waals surface area contributed by atoms with E-state index in [9.17, 15) is 15.2 Å². The van der Waals surface area contributed by atoms with Crippen LogP contribution in [0.25, 0.3) is 0 Å². The van der Waals surface area contributed by atoms with Crippen LogP contribution in [0.2, 0.25) is 0 Å². The predicted octanol–water partition coefficient (Wildman–Crippen LogP) is 4.31. The highest BCUT2D eigenvalue weighted by molar-refractivity contribution is 8.00. The molecule has 0 amide bonds. The SMILES string of the molecule is Cc1ccccc1CSc1sc([C@@H](C)O)cc1[N+](=O)[O-]. The Labute approximate surface area is 125 Å². The van der Waals surface area contributed by atoms with Crippen molar-refractivity contribution in [1.29, 1.82) is 0 Å². The van der Waals surface area contributed by atoms with E-state index in [0.717, 1.165) is 0 Å². The van der Waals surface area contributed by atoms with Gasteiger partial charge in [0.25, 0.3) is 5.69 Å². The summed E-state index contributed by atoms with van der Waals surface area (Å²) in [6, 6.07) is 9.46. The molecule has 2 aromatic rings. The van der Waals surface area contributed by atoms with Gasteiger partial charge in [-0.1, -0.05) is 24.3 Å². The normalized spacial score (nSPS) is 12.3. The summed E-state index contributed by atoms with van der Waals surface area (Å²) in [4.78, 5) is 11.3. The lowest BCUT2D eigenvalue weighted by molar-refractivity contribution is -0.387. The predicted molar refractivity (Wildman–Crippen MR) is 82.3 cm³/mol. The second-order valence-electron chi connectivity index (χ2n) is 4.47. The van der Waals surface area contributed by atoms with E-state index in [1.807, 2.05) is 31.2 Å². The minimum atomic E-state index is -0.675. The number of aliphatic hydroxyl groups is 1. The molecule has 106 valence electrons. The lowest BCUT2D eigenvalue weighted by Gasteiger charge is -2.03. The van der Waals surface area contributed by atoms with E-state index in [1.54, 1.807) is 6.92 Å². The Kier molecular flexibility index (Phi) is 4.80. The Hall–Kier alpha value is -1.37. The van der Waals surface area contributed by atoms with Gasteiger partial charge in [-0.05, 0) is 25.0 Å². The maximum atomic E-state index is 11.1. The van der Waals surface area contributed by atoms with E-state index in [-0.39, 0.29) is 10.6 Å². The van der Waals surface area contributed by atoms with Gasteiger partial charge in [0, 0.05) is 16.7 Å². The molecular formula is C14H15NO3S2. The van der Waals surface area contributed by atoms with Gasteiger partial charge in [0.2, 0.25) is 0 Å². The van der Waals surface area contributed by atoms with Gasteiger partial charge in [0.15, 0.2) is 0 Å². The van der Waals surface area contributed by atoms with Crippen molar-refractivity contribution in [2.24, 2.45) is 0 Å². The number of nitrogens with zero attached hydrogens (tertiary/aromatic N) is 1. The van der Waals surface area contributed by atoms with Gasteiger partial charge in [-0.25, -0.2) is 0 Å². The van der Waals surface area contributed by atoms with Gasteiger partial charge < -0.3 is 5.11 Å².